The zero-order valence-corrected chi connectivity index (χ0v) is 14.6. The van der Waals surface area contributed by atoms with E-state index in [1.54, 1.807) is 18.2 Å². The van der Waals surface area contributed by atoms with Gasteiger partial charge >= 0.3 is 0 Å². The van der Waals surface area contributed by atoms with Crippen molar-refractivity contribution in [3.63, 3.8) is 0 Å². The highest BCUT2D eigenvalue weighted by Gasteiger charge is 2.29. The summed E-state index contributed by atoms with van der Waals surface area (Å²) >= 11 is 0. The maximum atomic E-state index is 13.7. The molecule has 0 spiro atoms. The summed E-state index contributed by atoms with van der Waals surface area (Å²) in [5.41, 5.74) is 2.22. The van der Waals surface area contributed by atoms with E-state index < -0.39 is 5.82 Å². The highest BCUT2D eigenvalue weighted by atomic mass is 19.1. The summed E-state index contributed by atoms with van der Waals surface area (Å²) in [7, 11) is 1.37. The molecule has 0 fully saturated rings. The van der Waals surface area contributed by atoms with Gasteiger partial charge in [0.2, 0.25) is 5.91 Å². The van der Waals surface area contributed by atoms with E-state index >= 15 is 0 Å². The van der Waals surface area contributed by atoms with Gasteiger partial charge in [0.05, 0.1) is 16.6 Å². The van der Waals surface area contributed by atoms with Gasteiger partial charge < -0.3 is 10.2 Å². The van der Waals surface area contributed by atoms with Gasteiger partial charge in [0, 0.05) is 19.0 Å². The monoisotopic (exact) mass is 366 g/mol. The molecule has 0 radical (unpaired) electrons. The molecule has 1 amide bonds. The van der Waals surface area contributed by atoms with Gasteiger partial charge in [0.15, 0.2) is 11.5 Å². The quantitative estimate of drug-likeness (QED) is 0.561. The van der Waals surface area contributed by atoms with Crippen molar-refractivity contribution < 1.29 is 14.0 Å². The first kappa shape index (κ1) is 16.9. The van der Waals surface area contributed by atoms with Crippen LogP contribution in [0.3, 0.4) is 0 Å². The van der Waals surface area contributed by atoms with Crippen LogP contribution in [0.2, 0.25) is 0 Å². The summed E-state index contributed by atoms with van der Waals surface area (Å²) in [6.07, 6.45) is 0. The minimum Gasteiger partial charge on any atom is -0.399 e. The Bertz CT molecular complexity index is 1180. The minimum atomic E-state index is -0.444. The van der Waals surface area contributed by atoms with E-state index in [2.05, 4.69) is 15.5 Å². The van der Waals surface area contributed by atoms with E-state index in [1.807, 2.05) is 0 Å². The number of nitrogens with zero attached hydrogens (tertiary/aromatic N) is 3. The predicted molar refractivity (Wildman–Crippen MR) is 97.5 cm³/mol. The summed E-state index contributed by atoms with van der Waals surface area (Å²) in [4.78, 5) is 33.6. The van der Waals surface area contributed by atoms with Gasteiger partial charge in [-0.25, -0.2) is 9.37 Å². The smallest absolute Gasteiger partial charge is 0.266 e. The molecule has 4 rings (SSSR count). The highest BCUT2D eigenvalue weighted by molar-refractivity contribution is 6.16. The van der Waals surface area contributed by atoms with Crippen LogP contribution in [0.5, 0.6) is 0 Å². The summed E-state index contributed by atoms with van der Waals surface area (Å²) in [6, 6.07) is 9.27. The minimum absolute atomic E-state index is 0.149. The van der Waals surface area contributed by atoms with E-state index in [1.165, 1.54) is 36.8 Å². The summed E-state index contributed by atoms with van der Waals surface area (Å²) in [6.45, 7) is 1.76. The lowest BCUT2D eigenvalue weighted by Gasteiger charge is -2.08. The number of oxime groups is 1. The molecule has 3 aromatic rings. The molecule has 1 aliphatic rings. The van der Waals surface area contributed by atoms with Gasteiger partial charge in [-0.15, -0.1) is 0 Å². The van der Waals surface area contributed by atoms with Crippen molar-refractivity contribution in [2.75, 3.05) is 7.11 Å². The van der Waals surface area contributed by atoms with Crippen molar-refractivity contribution in [2.45, 2.75) is 13.5 Å². The summed E-state index contributed by atoms with van der Waals surface area (Å²) < 4.78 is 15.1. The number of rotatable bonds is 3. The standard InChI is InChI=1S/C19H15FN4O3/c1-10(25)21-9-11-3-5-13-15(7-11)22-18-17(23-27-2)14-8-12(20)4-6-16(14)24(18)19(13)26/h3-8H,9H2,1-2H3,(H,21,25)/b23-17-. The maximum absolute atomic E-state index is 13.7. The van der Waals surface area contributed by atoms with E-state index in [-0.39, 0.29) is 17.3 Å². The van der Waals surface area contributed by atoms with Crippen LogP contribution in [0.4, 0.5) is 4.39 Å². The molecule has 0 bridgehead atoms. The fourth-order valence-electron chi connectivity index (χ4n) is 3.14. The lowest BCUT2D eigenvalue weighted by atomic mass is 10.1. The average Bonchev–Trinajstić information content (AvgIpc) is 2.93. The van der Waals surface area contributed by atoms with Gasteiger partial charge in [0.25, 0.3) is 5.56 Å². The van der Waals surface area contributed by atoms with E-state index in [9.17, 15) is 14.0 Å². The van der Waals surface area contributed by atoms with Crippen molar-refractivity contribution in [1.82, 2.24) is 14.9 Å². The zero-order valence-electron chi connectivity index (χ0n) is 14.6. The third kappa shape index (κ3) is 2.75. The van der Waals surface area contributed by atoms with E-state index in [0.717, 1.165) is 5.56 Å². The lowest BCUT2D eigenvalue weighted by molar-refractivity contribution is -0.119. The van der Waals surface area contributed by atoms with Crippen LogP contribution in [-0.4, -0.2) is 28.3 Å². The number of nitrogens with one attached hydrogen (secondary N) is 1. The molecule has 0 saturated carbocycles. The third-order valence-electron chi connectivity index (χ3n) is 4.32. The Labute approximate surface area is 153 Å². The molecule has 1 N–H and O–H groups in total. The van der Waals surface area contributed by atoms with Crippen LogP contribution in [0.15, 0.2) is 46.3 Å². The largest absolute Gasteiger partial charge is 0.399 e. The van der Waals surface area contributed by atoms with Crippen LogP contribution < -0.4 is 10.9 Å². The SMILES string of the molecule is CO/N=C1/c2cc(F)ccc2-n2c1nc1cc(CNC(C)=O)ccc1c2=O. The highest BCUT2D eigenvalue weighted by Crippen LogP contribution is 2.28. The van der Waals surface area contributed by atoms with Crippen LogP contribution in [-0.2, 0) is 16.2 Å². The van der Waals surface area contributed by atoms with Gasteiger partial charge in [0.1, 0.15) is 12.9 Å². The number of amides is 1. The number of hydrogen-bond acceptors (Lipinski definition) is 5. The third-order valence-corrected chi connectivity index (χ3v) is 4.32. The van der Waals surface area contributed by atoms with Gasteiger partial charge in [-0.3, -0.25) is 14.2 Å². The molecule has 0 saturated heterocycles. The normalized spacial score (nSPS) is 13.5. The molecule has 8 heteroatoms. The molecule has 0 atom stereocenters. The average molecular weight is 366 g/mol. The Morgan fingerprint density at radius 3 is 2.85 bits per heavy atom. The topological polar surface area (TPSA) is 85.6 Å². The summed E-state index contributed by atoms with van der Waals surface area (Å²) in [5, 5.41) is 7.07. The van der Waals surface area contributed by atoms with E-state index in [0.29, 0.717) is 34.4 Å². The molecule has 136 valence electrons. The lowest BCUT2D eigenvalue weighted by Crippen LogP contribution is -2.22. The van der Waals surface area contributed by atoms with Crippen LogP contribution in [0.1, 0.15) is 23.9 Å². The number of benzene rings is 2. The predicted octanol–water partition coefficient (Wildman–Crippen LogP) is 1.87. The van der Waals surface area contributed by atoms with Crippen molar-refractivity contribution in [3.05, 3.63) is 69.5 Å². The molecule has 7 nitrogen and oxygen atoms in total. The summed E-state index contributed by atoms with van der Waals surface area (Å²) in [5.74, 6) is -0.309. The number of carbonyl (C=O) groups is 1. The molecular formula is C19H15FN4O3. The second kappa shape index (κ2) is 6.31. The van der Waals surface area contributed by atoms with Gasteiger partial charge in [-0.2, -0.15) is 0 Å². The van der Waals surface area contributed by atoms with E-state index in [4.69, 9.17) is 4.84 Å². The van der Waals surface area contributed by atoms with Crippen molar-refractivity contribution in [2.24, 2.45) is 5.16 Å². The molecule has 2 heterocycles. The van der Waals surface area contributed by atoms with Crippen LogP contribution >= 0.6 is 0 Å². The number of aromatic nitrogens is 2. The van der Waals surface area contributed by atoms with Crippen molar-refractivity contribution in [3.8, 4) is 5.69 Å². The zero-order chi connectivity index (χ0) is 19.1. The molecule has 0 unspecified atom stereocenters. The fraction of sp³-hybridized carbons (Fsp3) is 0.158. The molecule has 27 heavy (non-hydrogen) atoms. The number of carbonyl (C=O) groups excluding carboxylic acids is 1. The first-order valence-electron chi connectivity index (χ1n) is 8.21. The maximum Gasteiger partial charge on any atom is 0.266 e. The first-order chi connectivity index (χ1) is 13.0. The second-order valence-corrected chi connectivity index (χ2v) is 6.12. The molecular weight excluding hydrogens is 351 g/mol. The number of hydrogen-bond donors (Lipinski definition) is 1. The Morgan fingerprint density at radius 2 is 2.11 bits per heavy atom. The molecule has 1 aromatic heterocycles. The first-order valence-corrected chi connectivity index (χ1v) is 8.21. The molecule has 1 aliphatic heterocycles. The fourth-order valence-corrected chi connectivity index (χ4v) is 3.14. The Morgan fingerprint density at radius 1 is 1.30 bits per heavy atom. The number of fused-ring (bicyclic) bond motifs is 4. The Kier molecular flexibility index (Phi) is 3.95. The molecule has 0 aliphatic carbocycles. The van der Waals surface area contributed by atoms with Crippen LogP contribution in [0.25, 0.3) is 16.6 Å². The van der Waals surface area contributed by atoms with Crippen molar-refractivity contribution >= 4 is 22.5 Å². The number of halogens is 1. The second-order valence-electron chi connectivity index (χ2n) is 6.12. The van der Waals surface area contributed by atoms with Crippen LogP contribution in [0, 0.1) is 5.82 Å². The Balaban J connectivity index is 1.95. The van der Waals surface area contributed by atoms with Gasteiger partial charge in [-0.1, -0.05) is 11.2 Å². The molecule has 2 aromatic carbocycles. The van der Waals surface area contributed by atoms with Crippen molar-refractivity contribution in [1.29, 1.82) is 0 Å². The van der Waals surface area contributed by atoms with Gasteiger partial charge in [-0.05, 0) is 35.9 Å². The Hall–Kier alpha value is -3.55.